The number of rotatable bonds is 8. The van der Waals surface area contributed by atoms with Gasteiger partial charge in [0.2, 0.25) is 5.91 Å². The maximum absolute atomic E-state index is 12.1. The number of nitrogens with one attached hydrogen (secondary N) is 2. The molecule has 0 bridgehead atoms. The Morgan fingerprint density at radius 3 is 2.46 bits per heavy atom. The molecule has 2 rings (SSSR count). The van der Waals surface area contributed by atoms with E-state index in [1.807, 2.05) is 38.1 Å². The van der Waals surface area contributed by atoms with Crippen molar-refractivity contribution in [1.29, 1.82) is 0 Å². The van der Waals surface area contributed by atoms with E-state index >= 15 is 0 Å². The zero-order valence-corrected chi connectivity index (χ0v) is 15.8. The fourth-order valence-electron chi connectivity index (χ4n) is 2.85. The number of hydrogen-bond acceptors (Lipinski definition) is 4. The number of benzene rings is 1. The van der Waals surface area contributed by atoms with E-state index in [9.17, 15) is 9.59 Å². The van der Waals surface area contributed by atoms with Crippen LogP contribution in [0.3, 0.4) is 0 Å². The topological polar surface area (TPSA) is 80.4 Å². The molecule has 140 valence electrons. The highest BCUT2D eigenvalue weighted by Crippen LogP contribution is 2.20. The Balaban J connectivity index is 1.88. The van der Waals surface area contributed by atoms with Crippen LogP contribution >= 0.6 is 0 Å². The number of H-pyrrole nitrogens is 1. The van der Waals surface area contributed by atoms with Crippen molar-refractivity contribution in [1.82, 2.24) is 10.3 Å². The Morgan fingerprint density at radius 1 is 1.15 bits per heavy atom. The molecule has 0 atom stereocenters. The predicted octanol–water partition coefficient (Wildman–Crippen LogP) is 3.07. The molecule has 0 fully saturated rings. The molecule has 2 N–H and O–H groups in total. The number of amides is 1. The molecule has 0 spiro atoms. The molecule has 0 saturated carbocycles. The predicted molar refractivity (Wildman–Crippen MR) is 99.4 cm³/mol. The van der Waals surface area contributed by atoms with Crippen molar-refractivity contribution in [2.75, 3.05) is 13.7 Å². The van der Waals surface area contributed by atoms with Crippen molar-refractivity contribution < 1.29 is 19.1 Å². The first kappa shape index (κ1) is 19.6. The van der Waals surface area contributed by atoms with E-state index in [1.165, 1.54) is 0 Å². The van der Waals surface area contributed by atoms with Crippen LogP contribution in [0, 0.1) is 13.8 Å². The third-order valence-electron chi connectivity index (χ3n) is 4.27. The van der Waals surface area contributed by atoms with Gasteiger partial charge in [-0.1, -0.05) is 12.1 Å². The summed E-state index contributed by atoms with van der Waals surface area (Å²) in [4.78, 5) is 27.3. The van der Waals surface area contributed by atoms with Crippen LogP contribution in [-0.4, -0.2) is 30.6 Å². The second-order valence-electron chi connectivity index (χ2n) is 6.07. The summed E-state index contributed by atoms with van der Waals surface area (Å²) in [7, 11) is 1.62. The third-order valence-corrected chi connectivity index (χ3v) is 4.27. The van der Waals surface area contributed by atoms with Gasteiger partial charge in [0.1, 0.15) is 5.75 Å². The van der Waals surface area contributed by atoms with E-state index < -0.39 is 0 Å². The molecule has 1 amide bonds. The van der Waals surface area contributed by atoms with Crippen LogP contribution in [0.1, 0.15) is 46.2 Å². The Bertz CT molecular complexity index is 763. The minimum Gasteiger partial charge on any atom is -0.497 e. The van der Waals surface area contributed by atoms with E-state index in [1.54, 1.807) is 14.0 Å². The first-order chi connectivity index (χ1) is 12.5. The normalized spacial score (nSPS) is 10.5. The second-order valence-corrected chi connectivity index (χ2v) is 6.07. The van der Waals surface area contributed by atoms with Crippen molar-refractivity contribution in [2.24, 2.45) is 0 Å². The summed E-state index contributed by atoms with van der Waals surface area (Å²) in [5.74, 6) is 0.425. The number of aromatic amines is 1. The lowest BCUT2D eigenvalue weighted by Gasteiger charge is -2.07. The van der Waals surface area contributed by atoms with Crippen LogP contribution in [0.25, 0.3) is 0 Å². The molecule has 6 nitrogen and oxygen atoms in total. The molecule has 1 aromatic heterocycles. The van der Waals surface area contributed by atoms with E-state index in [4.69, 9.17) is 9.47 Å². The average Bonchev–Trinajstić information content (AvgIpc) is 2.92. The summed E-state index contributed by atoms with van der Waals surface area (Å²) in [5.41, 5.74) is 4.10. The number of ether oxygens (including phenoxy) is 2. The Hall–Kier alpha value is -2.76. The van der Waals surface area contributed by atoms with E-state index in [2.05, 4.69) is 10.3 Å². The summed E-state index contributed by atoms with van der Waals surface area (Å²) >= 11 is 0. The zero-order valence-electron chi connectivity index (χ0n) is 15.8. The van der Waals surface area contributed by atoms with Gasteiger partial charge in [0.25, 0.3) is 0 Å². The maximum Gasteiger partial charge on any atom is 0.340 e. The van der Waals surface area contributed by atoms with Crippen molar-refractivity contribution >= 4 is 11.9 Å². The lowest BCUT2D eigenvalue weighted by Crippen LogP contribution is -2.23. The minimum absolute atomic E-state index is 0.0369. The number of aromatic nitrogens is 1. The lowest BCUT2D eigenvalue weighted by molar-refractivity contribution is -0.121. The van der Waals surface area contributed by atoms with Crippen molar-refractivity contribution in [3.05, 3.63) is 52.3 Å². The first-order valence-corrected chi connectivity index (χ1v) is 8.71. The molecule has 1 aromatic carbocycles. The highest BCUT2D eigenvalue weighted by atomic mass is 16.5. The highest BCUT2D eigenvalue weighted by molar-refractivity contribution is 5.92. The molecule has 0 aliphatic carbocycles. The van der Waals surface area contributed by atoms with E-state index in [-0.39, 0.29) is 11.9 Å². The largest absolute Gasteiger partial charge is 0.497 e. The summed E-state index contributed by atoms with van der Waals surface area (Å²) in [5, 5.41) is 2.91. The minimum atomic E-state index is -0.325. The van der Waals surface area contributed by atoms with Crippen LogP contribution in [0.5, 0.6) is 5.75 Å². The molecule has 0 aliphatic heterocycles. The standard InChI is InChI=1S/C20H26N2O4/c1-5-26-20(24)19-13(2)17(22-14(19)3)10-11-18(23)21-12-15-6-8-16(25-4)9-7-15/h6-9,22H,5,10-12H2,1-4H3,(H,21,23). The lowest BCUT2D eigenvalue weighted by atomic mass is 10.1. The third kappa shape index (κ3) is 4.88. The Kier molecular flexibility index (Phi) is 6.83. The van der Waals surface area contributed by atoms with Gasteiger partial charge >= 0.3 is 5.97 Å². The molecule has 6 heteroatoms. The van der Waals surface area contributed by atoms with Crippen LogP contribution in [0.2, 0.25) is 0 Å². The van der Waals surface area contributed by atoms with Gasteiger partial charge in [-0.25, -0.2) is 4.79 Å². The Morgan fingerprint density at radius 2 is 1.85 bits per heavy atom. The summed E-state index contributed by atoms with van der Waals surface area (Å²) < 4.78 is 10.2. The van der Waals surface area contributed by atoms with Gasteiger partial charge in [0.05, 0.1) is 19.3 Å². The van der Waals surface area contributed by atoms with Gasteiger partial charge in [0, 0.05) is 24.4 Å². The fourth-order valence-corrected chi connectivity index (χ4v) is 2.85. The molecule has 2 aromatic rings. The number of methoxy groups -OCH3 is 1. The summed E-state index contributed by atoms with van der Waals surface area (Å²) in [6.45, 7) is 6.31. The van der Waals surface area contributed by atoms with Gasteiger partial charge in [-0.2, -0.15) is 0 Å². The molecular formula is C20H26N2O4. The number of esters is 1. The number of aryl methyl sites for hydroxylation is 2. The first-order valence-electron chi connectivity index (χ1n) is 8.71. The number of hydrogen-bond donors (Lipinski definition) is 2. The van der Waals surface area contributed by atoms with Gasteiger partial charge in [-0.05, 0) is 50.5 Å². The molecule has 0 aliphatic rings. The smallest absolute Gasteiger partial charge is 0.340 e. The zero-order chi connectivity index (χ0) is 19.1. The van der Waals surface area contributed by atoms with E-state index in [0.29, 0.717) is 31.6 Å². The molecule has 0 unspecified atom stereocenters. The van der Waals surface area contributed by atoms with Crippen molar-refractivity contribution in [2.45, 2.75) is 40.2 Å². The van der Waals surface area contributed by atoms with Crippen molar-refractivity contribution in [3.8, 4) is 5.75 Å². The maximum atomic E-state index is 12.1. The molecule has 0 radical (unpaired) electrons. The van der Waals surface area contributed by atoms with Gasteiger partial charge in [-0.3, -0.25) is 4.79 Å². The SMILES string of the molecule is CCOC(=O)c1c(C)[nH]c(CCC(=O)NCc2ccc(OC)cc2)c1C. The summed E-state index contributed by atoms with van der Waals surface area (Å²) in [6.07, 6.45) is 0.889. The van der Waals surface area contributed by atoms with Crippen LogP contribution in [-0.2, 0) is 22.5 Å². The molecule has 26 heavy (non-hydrogen) atoms. The quantitative estimate of drug-likeness (QED) is 0.711. The van der Waals surface area contributed by atoms with Crippen LogP contribution in [0.4, 0.5) is 0 Å². The second kappa shape index (κ2) is 9.08. The van der Waals surface area contributed by atoms with Crippen LogP contribution < -0.4 is 10.1 Å². The summed E-state index contributed by atoms with van der Waals surface area (Å²) in [6, 6.07) is 7.57. The fraction of sp³-hybridized carbons (Fsp3) is 0.400. The monoisotopic (exact) mass is 358 g/mol. The van der Waals surface area contributed by atoms with E-state index in [0.717, 1.165) is 28.3 Å². The van der Waals surface area contributed by atoms with Crippen molar-refractivity contribution in [3.63, 3.8) is 0 Å². The van der Waals surface area contributed by atoms with Gasteiger partial charge in [-0.15, -0.1) is 0 Å². The molecule has 0 saturated heterocycles. The average molecular weight is 358 g/mol. The number of carbonyl (C=O) groups is 2. The van der Waals surface area contributed by atoms with Crippen LogP contribution in [0.15, 0.2) is 24.3 Å². The highest BCUT2D eigenvalue weighted by Gasteiger charge is 2.19. The molecule has 1 heterocycles. The molecular weight excluding hydrogens is 332 g/mol. The van der Waals surface area contributed by atoms with Gasteiger partial charge < -0.3 is 19.8 Å². The number of carbonyl (C=O) groups excluding carboxylic acids is 2. The van der Waals surface area contributed by atoms with Gasteiger partial charge in [0.15, 0.2) is 0 Å². The Labute approximate surface area is 153 Å².